The van der Waals surface area contributed by atoms with Crippen LogP contribution in [-0.4, -0.2) is 11.4 Å². The van der Waals surface area contributed by atoms with Crippen molar-refractivity contribution < 1.29 is 9.90 Å². The molecular weight excluding hydrogens is 152 g/mol. The Kier molecular flexibility index (Phi) is 2.92. The lowest BCUT2D eigenvalue weighted by molar-refractivity contribution is -0.103. The van der Waals surface area contributed by atoms with Crippen molar-refractivity contribution >= 4 is 6.29 Å². The molecule has 0 aliphatic heterocycles. The van der Waals surface area contributed by atoms with Gasteiger partial charge in [0.25, 0.3) is 0 Å². The van der Waals surface area contributed by atoms with Crippen molar-refractivity contribution in [3.63, 3.8) is 0 Å². The maximum atomic E-state index is 9.84. The summed E-state index contributed by atoms with van der Waals surface area (Å²) in [7, 11) is 0. The number of carbonyl (C=O) groups is 1. The Morgan fingerprint density at radius 2 is 2.33 bits per heavy atom. The quantitative estimate of drug-likeness (QED) is 0.494. The molecule has 0 heterocycles. The summed E-state index contributed by atoms with van der Waals surface area (Å²) in [5.74, 6) is 5.18. The molecule has 0 spiro atoms. The van der Waals surface area contributed by atoms with Crippen LogP contribution >= 0.6 is 0 Å². The minimum Gasteiger partial charge on any atom is -0.508 e. The lowest BCUT2D eigenvalue weighted by atomic mass is 10.1. The Labute approximate surface area is 70.8 Å². The number of benzene rings is 1. The van der Waals surface area contributed by atoms with Gasteiger partial charge in [-0.1, -0.05) is 18.1 Å². The van der Waals surface area contributed by atoms with Crippen LogP contribution in [0.15, 0.2) is 24.3 Å². The van der Waals surface area contributed by atoms with Gasteiger partial charge in [0.15, 0.2) is 6.29 Å². The zero-order chi connectivity index (χ0) is 8.81. The number of rotatable bonds is 1. The van der Waals surface area contributed by atoms with E-state index in [4.69, 9.17) is 5.11 Å². The number of phenolic OH excluding ortho intramolecular Hbond substituents is 1. The van der Waals surface area contributed by atoms with E-state index < -0.39 is 0 Å². The molecule has 2 nitrogen and oxygen atoms in total. The average molecular weight is 160 g/mol. The lowest BCUT2D eigenvalue weighted by Gasteiger charge is -1.94. The molecule has 0 atom stereocenters. The van der Waals surface area contributed by atoms with E-state index in [0.29, 0.717) is 12.7 Å². The fraction of sp³-hybridized carbons (Fsp3) is 0.100. The first-order chi connectivity index (χ1) is 5.83. The average Bonchev–Trinajstić information content (AvgIpc) is 2.05. The second kappa shape index (κ2) is 4.20. The first-order valence-electron chi connectivity index (χ1n) is 3.53. The molecule has 0 radical (unpaired) electrons. The highest BCUT2D eigenvalue weighted by atomic mass is 16.3. The molecule has 0 bridgehead atoms. The first-order valence-corrected chi connectivity index (χ1v) is 3.53. The number of aldehydes is 1. The van der Waals surface area contributed by atoms with Crippen molar-refractivity contribution in [3.05, 3.63) is 29.8 Å². The number of hydrogen-bond donors (Lipinski definition) is 1. The van der Waals surface area contributed by atoms with Gasteiger partial charge in [-0.25, -0.2) is 0 Å². The van der Waals surface area contributed by atoms with Crippen molar-refractivity contribution in [1.82, 2.24) is 0 Å². The van der Waals surface area contributed by atoms with Crippen LogP contribution in [0.4, 0.5) is 0 Å². The highest BCUT2D eigenvalue weighted by Crippen LogP contribution is 2.10. The van der Waals surface area contributed by atoms with Gasteiger partial charge in [0, 0.05) is 6.42 Å². The molecule has 0 aliphatic carbocycles. The second-order valence-corrected chi connectivity index (χ2v) is 2.29. The summed E-state index contributed by atoms with van der Waals surface area (Å²) >= 11 is 0. The normalized spacial score (nSPS) is 8.33. The third-order valence-corrected chi connectivity index (χ3v) is 1.36. The summed E-state index contributed by atoms with van der Waals surface area (Å²) in [4.78, 5) is 9.84. The molecule has 1 N–H and O–H groups in total. The van der Waals surface area contributed by atoms with E-state index in [0.717, 1.165) is 5.56 Å². The summed E-state index contributed by atoms with van der Waals surface area (Å²) < 4.78 is 0. The number of hydrogen-bond acceptors (Lipinski definition) is 2. The predicted octanol–water partition coefficient (Wildman–Crippen LogP) is 1.14. The fourth-order valence-electron chi connectivity index (χ4n) is 0.861. The van der Waals surface area contributed by atoms with Gasteiger partial charge in [-0.2, -0.15) is 0 Å². The summed E-state index contributed by atoms with van der Waals surface area (Å²) in [6.45, 7) is 0. The molecule has 1 aromatic carbocycles. The number of phenols is 1. The molecule has 1 aromatic rings. The molecule has 0 saturated heterocycles. The predicted molar refractivity (Wildman–Crippen MR) is 45.7 cm³/mol. The minimum atomic E-state index is 0.223. The first kappa shape index (κ1) is 8.35. The highest BCUT2D eigenvalue weighted by molar-refractivity contribution is 5.72. The van der Waals surface area contributed by atoms with E-state index in [9.17, 15) is 4.79 Å². The largest absolute Gasteiger partial charge is 0.508 e. The van der Waals surface area contributed by atoms with Gasteiger partial charge in [-0.15, -0.1) is 0 Å². The molecule has 0 amide bonds. The van der Waals surface area contributed by atoms with Gasteiger partial charge in [-0.3, -0.25) is 4.79 Å². The summed E-state index contributed by atoms with van der Waals surface area (Å²) in [5.41, 5.74) is 0.907. The molecule has 0 aliphatic rings. The molecule has 0 aromatic heterocycles. The number of carbonyl (C=O) groups excluding carboxylic acids is 1. The van der Waals surface area contributed by atoms with E-state index in [1.807, 2.05) is 6.07 Å². The smallest absolute Gasteiger partial charge is 0.192 e. The third-order valence-electron chi connectivity index (χ3n) is 1.36. The van der Waals surface area contributed by atoms with Gasteiger partial charge >= 0.3 is 0 Å². The molecule has 0 unspecified atom stereocenters. The highest BCUT2D eigenvalue weighted by Gasteiger charge is 1.90. The SMILES string of the molecule is O=CC#CCc1cccc(O)c1. The molecule has 1 rings (SSSR count). The molecule has 0 fully saturated rings. The van der Waals surface area contributed by atoms with Gasteiger partial charge in [-0.05, 0) is 23.6 Å². The van der Waals surface area contributed by atoms with Gasteiger partial charge < -0.3 is 5.11 Å². The Balaban J connectivity index is 2.69. The van der Waals surface area contributed by atoms with Crippen LogP contribution in [0.25, 0.3) is 0 Å². The fourth-order valence-corrected chi connectivity index (χ4v) is 0.861. The van der Waals surface area contributed by atoms with E-state index >= 15 is 0 Å². The van der Waals surface area contributed by atoms with Crippen molar-refractivity contribution in [2.24, 2.45) is 0 Å². The summed E-state index contributed by atoms with van der Waals surface area (Å²) in [6, 6.07) is 6.81. The van der Waals surface area contributed by atoms with Crippen molar-refractivity contribution in [2.75, 3.05) is 0 Å². The molecule has 12 heavy (non-hydrogen) atoms. The molecular formula is C10H8O2. The van der Waals surface area contributed by atoms with Gasteiger partial charge in [0.1, 0.15) is 5.75 Å². The zero-order valence-electron chi connectivity index (χ0n) is 6.45. The van der Waals surface area contributed by atoms with Crippen molar-refractivity contribution in [1.29, 1.82) is 0 Å². The summed E-state index contributed by atoms with van der Waals surface area (Å²) in [5, 5.41) is 9.05. The van der Waals surface area contributed by atoms with Crippen LogP contribution < -0.4 is 0 Å². The number of aromatic hydroxyl groups is 1. The van der Waals surface area contributed by atoms with E-state index in [1.54, 1.807) is 18.2 Å². The van der Waals surface area contributed by atoms with Crippen LogP contribution in [0.2, 0.25) is 0 Å². The topological polar surface area (TPSA) is 37.3 Å². The van der Waals surface area contributed by atoms with Gasteiger partial charge in [0.2, 0.25) is 0 Å². The standard InChI is InChI=1S/C10H8O2/c11-7-2-1-4-9-5-3-6-10(12)8-9/h3,5-8,12H,4H2. The Morgan fingerprint density at radius 1 is 1.50 bits per heavy atom. The third kappa shape index (κ3) is 2.47. The Bertz CT molecular complexity index is 331. The lowest BCUT2D eigenvalue weighted by Crippen LogP contribution is -1.79. The Hall–Kier alpha value is -1.75. The molecule has 60 valence electrons. The summed E-state index contributed by atoms with van der Waals surface area (Å²) in [6.07, 6.45) is 1.05. The second-order valence-electron chi connectivity index (χ2n) is 2.29. The maximum absolute atomic E-state index is 9.84. The van der Waals surface area contributed by atoms with Crippen molar-refractivity contribution in [2.45, 2.75) is 6.42 Å². The van der Waals surface area contributed by atoms with Gasteiger partial charge in [0.05, 0.1) is 0 Å². The van der Waals surface area contributed by atoms with Crippen molar-refractivity contribution in [3.8, 4) is 17.6 Å². The monoisotopic (exact) mass is 160 g/mol. The Morgan fingerprint density at radius 3 is 3.00 bits per heavy atom. The molecule has 2 heteroatoms. The van der Waals surface area contributed by atoms with E-state index in [2.05, 4.69) is 11.8 Å². The maximum Gasteiger partial charge on any atom is 0.192 e. The van der Waals surface area contributed by atoms with Crippen LogP contribution in [0, 0.1) is 11.8 Å². The van der Waals surface area contributed by atoms with Crippen LogP contribution in [-0.2, 0) is 11.2 Å². The zero-order valence-corrected chi connectivity index (χ0v) is 6.45. The van der Waals surface area contributed by atoms with Crippen LogP contribution in [0.3, 0.4) is 0 Å². The molecule has 0 saturated carbocycles. The van der Waals surface area contributed by atoms with Crippen LogP contribution in [0.1, 0.15) is 5.56 Å². The minimum absolute atomic E-state index is 0.223. The van der Waals surface area contributed by atoms with E-state index in [1.165, 1.54) is 0 Å². The van der Waals surface area contributed by atoms with Crippen LogP contribution in [0.5, 0.6) is 5.75 Å². The van der Waals surface area contributed by atoms with E-state index in [-0.39, 0.29) is 5.75 Å².